The van der Waals surface area contributed by atoms with Gasteiger partial charge in [0.15, 0.2) is 0 Å². The fraction of sp³-hybridized carbons (Fsp3) is 0.294. The van der Waals surface area contributed by atoms with Gasteiger partial charge < -0.3 is 5.73 Å². The summed E-state index contributed by atoms with van der Waals surface area (Å²) in [4.78, 5) is -0.647. The molecule has 0 aromatic heterocycles. The largest absolute Gasteiger partial charge is 0.326 e. The molecule has 1 saturated heterocycles. The molecule has 0 saturated carbocycles. The molecule has 0 radical (unpaired) electrons. The third-order valence-corrected chi connectivity index (χ3v) is 6.24. The van der Waals surface area contributed by atoms with Crippen LogP contribution in [-0.2, 0) is 10.0 Å². The molecule has 0 bridgehead atoms. The van der Waals surface area contributed by atoms with Crippen LogP contribution < -0.4 is 5.73 Å². The topological polar surface area (TPSA) is 63.4 Å². The second-order valence-corrected chi connectivity index (χ2v) is 7.94. The maximum absolute atomic E-state index is 14.1. The SMILES string of the molecule is Cc1cc(F)c(S(=O)(=O)N2C[C@@H](N)[C@H](c3ccccc3)C2)cc1F.Cl. The maximum Gasteiger partial charge on any atom is 0.246 e. The van der Waals surface area contributed by atoms with Crippen molar-refractivity contribution in [2.45, 2.75) is 23.8 Å². The molecule has 1 aliphatic rings. The molecule has 25 heavy (non-hydrogen) atoms. The minimum absolute atomic E-state index is 0. The van der Waals surface area contributed by atoms with Crippen LogP contribution in [0.15, 0.2) is 47.4 Å². The van der Waals surface area contributed by atoms with Crippen LogP contribution in [0.2, 0.25) is 0 Å². The highest BCUT2D eigenvalue weighted by atomic mass is 35.5. The number of rotatable bonds is 3. The second-order valence-electron chi connectivity index (χ2n) is 6.03. The first-order chi connectivity index (χ1) is 11.3. The monoisotopic (exact) mass is 388 g/mol. The Kier molecular flexibility index (Phi) is 5.83. The van der Waals surface area contributed by atoms with Crippen molar-refractivity contribution in [3.63, 3.8) is 0 Å². The average Bonchev–Trinajstić information content (AvgIpc) is 2.94. The number of benzene rings is 2. The molecule has 8 heteroatoms. The first-order valence-corrected chi connectivity index (χ1v) is 9.01. The number of nitrogens with two attached hydrogens (primary N) is 1. The van der Waals surface area contributed by atoms with Gasteiger partial charge in [0.2, 0.25) is 10.0 Å². The van der Waals surface area contributed by atoms with Crippen molar-refractivity contribution in [2.24, 2.45) is 5.73 Å². The first-order valence-electron chi connectivity index (χ1n) is 7.57. The molecule has 2 aromatic rings. The highest BCUT2D eigenvalue weighted by molar-refractivity contribution is 7.89. The fourth-order valence-electron chi connectivity index (χ4n) is 3.01. The molecule has 3 rings (SSSR count). The van der Waals surface area contributed by atoms with Crippen molar-refractivity contribution in [1.29, 1.82) is 0 Å². The number of nitrogens with zero attached hydrogens (tertiary/aromatic N) is 1. The summed E-state index contributed by atoms with van der Waals surface area (Å²) in [7, 11) is -4.14. The predicted molar refractivity (Wildman–Crippen MR) is 94.3 cm³/mol. The molecular weight excluding hydrogens is 370 g/mol. The van der Waals surface area contributed by atoms with E-state index >= 15 is 0 Å². The molecule has 1 fully saturated rings. The Balaban J connectivity index is 0.00000225. The molecule has 0 spiro atoms. The molecule has 0 unspecified atom stereocenters. The van der Waals surface area contributed by atoms with Gasteiger partial charge in [-0.1, -0.05) is 30.3 Å². The van der Waals surface area contributed by atoms with Crippen molar-refractivity contribution in [2.75, 3.05) is 13.1 Å². The van der Waals surface area contributed by atoms with Gasteiger partial charge in [-0.25, -0.2) is 17.2 Å². The van der Waals surface area contributed by atoms with Crippen molar-refractivity contribution in [3.8, 4) is 0 Å². The quantitative estimate of drug-likeness (QED) is 0.879. The minimum atomic E-state index is -4.14. The summed E-state index contributed by atoms with van der Waals surface area (Å²) in [5.41, 5.74) is 7.09. The Bertz CT molecular complexity index is 862. The van der Waals surface area contributed by atoms with Crippen LogP contribution in [0, 0.1) is 18.6 Å². The number of hydrogen-bond acceptors (Lipinski definition) is 3. The Hall–Kier alpha value is -1.54. The van der Waals surface area contributed by atoms with Gasteiger partial charge in [0.25, 0.3) is 0 Å². The van der Waals surface area contributed by atoms with Crippen LogP contribution in [0.3, 0.4) is 0 Å². The van der Waals surface area contributed by atoms with E-state index in [9.17, 15) is 17.2 Å². The van der Waals surface area contributed by atoms with Gasteiger partial charge in [0.05, 0.1) is 0 Å². The average molecular weight is 389 g/mol. The third kappa shape index (κ3) is 3.69. The summed E-state index contributed by atoms with van der Waals surface area (Å²) >= 11 is 0. The smallest absolute Gasteiger partial charge is 0.246 e. The van der Waals surface area contributed by atoms with E-state index in [0.29, 0.717) is 0 Å². The van der Waals surface area contributed by atoms with E-state index in [1.807, 2.05) is 30.3 Å². The van der Waals surface area contributed by atoms with E-state index in [4.69, 9.17) is 5.73 Å². The third-order valence-electron chi connectivity index (χ3n) is 4.39. The van der Waals surface area contributed by atoms with E-state index in [1.165, 1.54) is 6.92 Å². The number of aryl methyl sites for hydroxylation is 1. The van der Waals surface area contributed by atoms with Crippen LogP contribution >= 0.6 is 12.4 Å². The normalized spacial score (nSPS) is 21.1. The summed E-state index contributed by atoms with van der Waals surface area (Å²) < 4.78 is 54.4. The van der Waals surface area contributed by atoms with E-state index in [2.05, 4.69) is 0 Å². The highest BCUT2D eigenvalue weighted by Crippen LogP contribution is 2.31. The zero-order chi connectivity index (χ0) is 17.5. The molecule has 1 heterocycles. The summed E-state index contributed by atoms with van der Waals surface area (Å²) in [6.07, 6.45) is 0. The first kappa shape index (κ1) is 19.8. The van der Waals surface area contributed by atoms with Crippen LogP contribution in [0.1, 0.15) is 17.0 Å². The molecule has 4 nitrogen and oxygen atoms in total. The second kappa shape index (κ2) is 7.37. The maximum atomic E-state index is 14.1. The zero-order valence-corrected chi connectivity index (χ0v) is 15.2. The van der Waals surface area contributed by atoms with Gasteiger partial charge in [0, 0.05) is 25.0 Å². The lowest BCUT2D eigenvalue weighted by Crippen LogP contribution is -2.32. The minimum Gasteiger partial charge on any atom is -0.326 e. The molecule has 136 valence electrons. The summed E-state index contributed by atoms with van der Waals surface area (Å²) in [6.45, 7) is 1.59. The molecule has 2 aromatic carbocycles. The number of hydrogen-bond donors (Lipinski definition) is 1. The van der Waals surface area contributed by atoms with E-state index in [1.54, 1.807) is 0 Å². The standard InChI is InChI=1S/C17H18F2N2O2S.ClH/c1-11-7-15(19)17(8-14(11)18)24(22,23)21-9-13(16(20)10-21)12-5-3-2-4-6-12;/h2-8,13,16H,9-10,20H2,1H3;1H/t13-,16+;/m0./s1. The Morgan fingerprint density at radius 2 is 1.72 bits per heavy atom. The lowest BCUT2D eigenvalue weighted by molar-refractivity contribution is 0.461. The van der Waals surface area contributed by atoms with Crippen molar-refractivity contribution >= 4 is 22.4 Å². The fourth-order valence-corrected chi connectivity index (χ4v) is 4.57. The van der Waals surface area contributed by atoms with Gasteiger partial charge in [-0.2, -0.15) is 4.31 Å². The molecular formula is C17H19ClF2N2O2S. The lowest BCUT2D eigenvalue weighted by atomic mass is 9.95. The van der Waals surface area contributed by atoms with Crippen LogP contribution in [0.4, 0.5) is 8.78 Å². The Morgan fingerprint density at radius 1 is 1.08 bits per heavy atom. The molecule has 0 aliphatic carbocycles. The van der Waals surface area contributed by atoms with Gasteiger partial charge >= 0.3 is 0 Å². The number of sulfonamides is 1. The van der Waals surface area contributed by atoms with Crippen molar-refractivity contribution < 1.29 is 17.2 Å². The van der Waals surface area contributed by atoms with Crippen LogP contribution in [0.5, 0.6) is 0 Å². The Morgan fingerprint density at radius 3 is 2.36 bits per heavy atom. The molecule has 2 N–H and O–H groups in total. The van der Waals surface area contributed by atoms with Gasteiger partial charge in [0.1, 0.15) is 16.5 Å². The van der Waals surface area contributed by atoms with Crippen LogP contribution in [0.25, 0.3) is 0 Å². The van der Waals surface area contributed by atoms with E-state index in [0.717, 1.165) is 22.0 Å². The summed E-state index contributed by atoms with van der Waals surface area (Å²) in [5, 5.41) is 0. The Labute approximate surface area is 152 Å². The molecule has 1 aliphatic heterocycles. The molecule has 0 amide bonds. The van der Waals surface area contributed by atoms with Gasteiger partial charge in [-0.15, -0.1) is 12.4 Å². The number of halogens is 3. The van der Waals surface area contributed by atoms with Crippen molar-refractivity contribution in [3.05, 3.63) is 65.2 Å². The van der Waals surface area contributed by atoms with Crippen molar-refractivity contribution in [1.82, 2.24) is 4.31 Å². The predicted octanol–water partition coefficient (Wildman–Crippen LogP) is 2.81. The lowest BCUT2D eigenvalue weighted by Gasteiger charge is -2.17. The van der Waals surface area contributed by atoms with Gasteiger partial charge in [-0.05, 0) is 30.2 Å². The van der Waals surface area contributed by atoms with Gasteiger partial charge in [-0.3, -0.25) is 0 Å². The van der Waals surface area contributed by atoms with E-state index in [-0.39, 0.29) is 37.0 Å². The van der Waals surface area contributed by atoms with Crippen LogP contribution in [-0.4, -0.2) is 31.9 Å². The summed E-state index contributed by atoms with van der Waals surface area (Å²) in [6, 6.07) is 10.6. The highest BCUT2D eigenvalue weighted by Gasteiger charge is 2.39. The summed E-state index contributed by atoms with van der Waals surface area (Å²) in [5.74, 6) is -1.89. The van der Waals surface area contributed by atoms with E-state index < -0.39 is 32.6 Å². The molecule has 2 atom stereocenters. The zero-order valence-electron chi connectivity index (χ0n) is 13.5.